The second-order valence-corrected chi connectivity index (χ2v) is 11.3. The Hall–Kier alpha value is -5.03. The van der Waals surface area contributed by atoms with Crippen LogP contribution in [0.4, 0.5) is 0 Å². The van der Waals surface area contributed by atoms with Crippen molar-refractivity contribution in [2.24, 2.45) is 11.0 Å². The molecule has 6 rings (SSSR count). The van der Waals surface area contributed by atoms with Crippen molar-refractivity contribution in [3.63, 3.8) is 0 Å². The molecule has 2 heterocycles. The van der Waals surface area contributed by atoms with Crippen molar-refractivity contribution in [3.8, 4) is 11.5 Å². The molecule has 0 saturated carbocycles. The van der Waals surface area contributed by atoms with Crippen molar-refractivity contribution in [1.29, 1.82) is 0 Å². The van der Waals surface area contributed by atoms with Crippen molar-refractivity contribution < 1.29 is 24.0 Å². The predicted molar refractivity (Wildman–Crippen MR) is 168 cm³/mol. The van der Waals surface area contributed by atoms with Crippen LogP contribution < -0.4 is 14.8 Å². The summed E-state index contributed by atoms with van der Waals surface area (Å²) in [6, 6.07) is 20.7. The van der Waals surface area contributed by atoms with E-state index in [4.69, 9.17) is 14.6 Å². The number of halogens is 1. The molecule has 2 amide bonds. The van der Waals surface area contributed by atoms with Crippen LogP contribution in [0.1, 0.15) is 33.9 Å². The molecule has 2 aliphatic heterocycles. The van der Waals surface area contributed by atoms with Gasteiger partial charge in [-0.25, -0.2) is 5.01 Å². The van der Waals surface area contributed by atoms with Gasteiger partial charge in [-0.2, -0.15) is 5.10 Å². The number of hydrazone groups is 1. The molecule has 3 aromatic rings. The molecule has 0 fully saturated rings. The molecule has 0 saturated heterocycles. The molecule has 0 aromatic heterocycles. The van der Waals surface area contributed by atoms with Crippen LogP contribution in [0.5, 0.6) is 11.5 Å². The number of ether oxygens (including phenoxy) is 2. The summed E-state index contributed by atoms with van der Waals surface area (Å²) >= 11 is 3.48. The predicted octanol–water partition coefficient (Wildman–Crippen LogP) is 5.71. The zero-order valence-electron chi connectivity index (χ0n) is 23.8. The third-order valence-electron chi connectivity index (χ3n) is 7.94. The highest BCUT2D eigenvalue weighted by Gasteiger charge is 2.43. The van der Waals surface area contributed by atoms with E-state index in [1.165, 1.54) is 18.2 Å². The lowest BCUT2D eigenvalue weighted by Crippen LogP contribution is -2.47. The van der Waals surface area contributed by atoms with Gasteiger partial charge in [-0.15, -0.1) is 0 Å². The SMILES string of the molecule is COc1ccc([C@@H]2CC(C3=C(c4ccccc4)[C@H]4C=C([N+](=O)[O-])C=C[C@H]4NC3=O)=NN2C(=O)c2ccccc2Br)cc1OC. The van der Waals surface area contributed by atoms with Gasteiger partial charge in [0.05, 0.1) is 48.1 Å². The number of nitrogens with one attached hydrogen (secondary N) is 1. The summed E-state index contributed by atoms with van der Waals surface area (Å²) in [5, 5.41) is 21.0. The maximum Gasteiger partial charge on any atom is 0.275 e. The number of nitro groups is 1. The second kappa shape index (κ2) is 11.9. The van der Waals surface area contributed by atoms with E-state index in [-0.39, 0.29) is 23.9 Å². The van der Waals surface area contributed by atoms with E-state index in [1.54, 1.807) is 49.6 Å². The first-order valence-electron chi connectivity index (χ1n) is 13.8. The van der Waals surface area contributed by atoms with Crippen LogP contribution in [0.25, 0.3) is 5.57 Å². The van der Waals surface area contributed by atoms with Crippen molar-refractivity contribution in [2.45, 2.75) is 18.5 Å². The van der Waals surface area contributed by atoms with Crippen molar-refractivity contribution in [2.75, 3.05) is 14.2 Å². The smallest absolute Gasteiger partial charge is 0.275 e. The summed E-state index contributed by atoms with van der Waals surface area (Å²) in [5.74, 6) is -0.233. The second-order valence-electron chi connectivity index (χ2n) is 10.4. The van der Waals surface area contributed by atoms with Crippen LogP contribution in [-0.2, 0) is 4.79 Å². The van der Waals surface area contributed by atoms with Gasteiger partial charge in [-0.05, 0) is 56.9 Å². The zero-order valence-corrected chi connectivity index (χ0v) is 25.4. The normalized spacial score (nSPS) is 20.8. The minimum atomic E-state index is -0.587. The third kappa shape index (κ3) is 5.19. The molecule has 11 heteroatoms. The van der Waals surface area contributed by atoms with Gasteiger partial charge in [0.1, 0.15) is 0 Å². The number of carbonyl (C=O) groups excluding carboxylic acids is 2. The van der Waals surface area contributed by atoms with E-state index in [0.29, 0.717) is 38.4 Å². The highest BCUT2D eigenvalue weighted by Crippen LogP contribution is 2.43. The lowest BCUT2D eigenvalue weighted by atomic mass is 9.76. The average molecular weight is 656 g/mol. The Bertz CT molecular complexity index is 1800. The van der Waals surface area contributed by atoms with E-state index in [1.807, 2.05) is 42.5 Å². The van der Waals surface area contributed by atoms with Gasteiger partial charge in [0.15, 0.2) is 11.5 Å². The monoisotopic (exact) mass is 654 g/mol. The molecule has 0 bridgehead atoms. The number of hydrogen-bond donors (Lipinski definition) is 1. The quantitative estimate of drug-likeness (QED) is 0.257. The number of methoxy groups -OCH3 is 2. The van der Waals surface area contributed by atoms with Gasteiger partial charge in [0, 0.05) is 29.0 Å². The van der Waals surface area contributed by atoms with Crippen LogP contribution in [0, 0.1) is 16.0 Å². The maximum absolute atomic E-state index is 14.1. The van der Waals surface area contributed by atoms with Crippen molar-refractivity contribution >= 4 is 39.0 Å². The van der Waals surface area contributed by atoms with Gasteiger partial charge in [0.2, 0.25) is 0 Å². The number of allylic oxidation sites excluding steroid dienone is 1. The number of benzene rings is 3. The van der Waals surface area contributed by atoms with Crippen LogP contribution in [0.3, 0.4) is 0 Å². The van der Waals surface area contributed by atoms with Gasteiger partial charge in [-0.1, -0.05) is 54.6 Å². The van der Waals surface area contributed by atoms with E-state index in [2.05, 4.69) is 21.2 Å². The third-order valence-corrected chi connectivity index (χ3v) is 8.63. The van der Waals surface area contributed by atoms with Crippen LogP contribution in [-0.4, -0.2) is 47.7 Å². The number of carbonyl (C=O) groups is 2. The molecular formula is C33H27BrN4O6. The number of nitrogens with zero attached hydrogens (tertiary/aromatic N) is 3. The molecule has 0 radical (unpaired) electrons. The Morgan fingerprint density at radius 3 is 2.48 bits per heavy atom. The summed E-state index contributed by atoms with van der Waals surface area (Å²) in [7, 11) is 3.08. The summed E-state index contributed by atoms with van der Waals surface area (Å²) < 4.78 is 11.6. The summed E-state index contributed by atoms with van der Waals surface area (Å²) in [6.07, 6.45) is 4.83. The molecule has 222 valence electrons. The molecule has 1 aliphatic carbocycles. The lowest BCUT2D eigenvalue weighted by molar-refractivity contribution is -0.419. The zero-order chi connectivity index (χ0) is 31.0. The highest BCUT2D eigenvalue weighted by atomic mass is 79.9. The summed E-state index contributed by atoms with van der Waals surface area (Å²) in [6.45, 7) is 0. The first-order valence-corrected chi connectivity index (χ1v) is 14.6. The van der Waals surface area contributed by atoms with Gasteiger partial charge in [0.25, 0.3) is 17.5 Å². The molecule has 0 spiro atoms. The molecule has 10 nitrogen and oxygen atoms in total. The number of rotatable bonds is 7. The summed E-state index contributed by atoms with van der Waals surface area (Å²) in [5.41, 5.74) is 3.12. The van der Waals surface area contributed by atoms with E-state index >= 15 is 0 Å². The van der Waals surface area contributed by atoms with E-state index in [0.717, 1.165) is 11.1 Å². The van der Waals surface area contributed by atoms with E-state index in [9.17, 15) is 19.7 Å². The van der Waals surface area contributed by atoms with Gasteiger partial charge >= 0.3 is 0 Å². The van der Waals surface area contributed by atoms with Crippen molar-refractivity contribution in [3.05, 3.63) is 134 Å². The summed E-state index contributed by atoms with van der Waals surface area (Å²) in [4.78, 5) is 39.2. The Balaban J connectivity index is 1.53. The Labute approximate surface area is 261 Å². The molecule has 3 aliphatic rings. The topological polar surface area (TPSA) is 123 Å². The highest BCUT2D eigenvalue weighted by molar-refractivity contribution is 9.10. The minimum Gasteiger partial charge on any atom is -0.493 e. The molecule has 3 aromatic carbocycles. The van der Waals surface area contributed by atoms with Gasteiger partial charge in [-0.3, -0.25) is 19.7 Å². The molecular weight excluding hydrogens is 628 g/mol. The average Bonchev–Trinajstić information content (AvgIpc) is 3.48. The van der Waals surface area contributed by atoms with Crippen LogP contribution in [0.15, 0.2) is 112 Å². The fourth-order valence-corrected chi connectivity index (χ4v) is 6.32. The largest absolute Gasteiger partial charge is 0.493 e. The number of hydrogen-bond acceptors (Lipinski definition) is 7. The number of fused-ring (bicyclic) bond motifs is 1. The fraction of sp³-hybridized carbons (Fsp3) is 0.182. The standard InChI is InChI=1S/C33H27BrN4O6/c1-43-28-15-12-20(16-29(28)44-2)27-18-26(36-37(27)33(40)22-10-6-7-11-24(22)34)31-30(19-8-4-3-5-9-19)23-17-21(38(41)42)13-14-25(23)35-32(31)39/h3-17,23,25,27H,18H2,1-2H3,(H,35,39)/t23-,25+,27-/m0/s1. The van der Waals surface area contributed by atoms with Crippen LogP contribution in [0.2, 0.25) is 0 Å². The van der Waals surface area contributed by atoms with Crippen molar-refractivity contribution in [1.82, 2.24) is 10.3 Å². The molecule has 44 heavy (non-hydrogen) atoms. The Morgan fingerprint density at radius 1 is 1.05 bits per heavy atom. The molecule has 3 atom stereocenters. The Morgan fingerprint density at radius 2 is 1.77 bits per heavy atom. The number of amides is 2. The van der Waals surface area contributed by atoms with Crippen LogP contribution >= 0.6 is 15.9 Å². The molecule has 0 unspecified atom stereocenters. The molecule has 1 N–H and O–H groups in total. The fourth-order valence-electron chi connectivity index (χ4n) is 5.87. The minimum absolute atomic E-state index is 0.0579. The first-order chi connectivity index (χ1) is 21.3. The van der Waals surface area contributed by atoms with Gasteiger partial charge < -0.3 is 14.8 Å². The lowest BCUT2D eigenvalue weighted by Gasteiger charge is -2.34. The first kappa shape index (κ1) is 29.1. The van der Waals surface area contributed by atoms with E-state index < -0.39 is 22.9 Å². The Kier molecular flexibility index (Phi) is 7.88. The maximum atomic E-state index is 14.1.